The molecule has 1 aliphatic rings. The predicted octanol–water partition coefficient (Wildman–Crippen LogP) is 2.78. The molecule has 2 aromatic rings. The fourth-order valence-electron chi connectivity index (χ4n) is 3.40. The number of nitrogens with zero attached hydrogens (tertiary/aromatic N) is 5. The maximum Gasteiger partial charge on any atom is 0.192 e. The Kier molecular flexibility index (Phi) is 9.65. The molecular weight excluding hydrogens is 481 g/mol. The van der Waals surface area contributed by atoms with Crippen LogP contribution in [-0.4, -0.2) is 51.8 Å². The Balaban J connectivity index is 0.00000300. The highest BCUT2D eigenvalue weighted by atomic mass is 127. The van der Waals surface area contributed by atoms with Gasteiger partial charge in [-0.1, -0.05) is 12.5 Å². The van der Waals surface area contributed by atoms with E-state index in [2.05, 4.69) is 43.4 Å². The van der Waals surface area contributed by atoms with Crippen molar-refractivity contribution < 1.29 is 4.42 Å². The molecule has 0 saturated carbocycles. The number of guanidine groups is 1. The van der Waals surface area contributed by atoms with Gasteiger partial charge in [0.25, 0.3) is 0 Å². The van der Waals surface area contributed by atoms with Crippen LogP contribution in [0.1, 0.15) is 42.7 Å². The largest absolute Gasteiger partial charge is 0.468 e. The molecule has 3 heterocycles. The summed E-state index contributed by atoms with van der Waals surface area (Å²) in [7, 11) is 1.95. The van der Waals surface area contributed by atoms with Crippen LogP contribution >= 0.6 is 24.0 Å². The SMILES string of the molecule is C=CCNC(=NCc1nnc(C)n1C)NCC(c1ccco1)N1CCCCC1.I. The number of likely N-dealkylation sites (tertiary alicyclic amines) is 1. The van der Waals surface area contributed by atoms with Crippen LogP contribution in [-0.2, 0) is 13.6 Å². The van der Waals surface area contributed by atoms with Crippen LogP contribution < -0.4 is 10.6 Å². The fraction of sp³-hybridized carbons (Fsp3) is 0.550. The van der Waals surface area contributed by atoms with Gasteiger partial charge in [0.05, 0.1) is 12.3 Å². The first-order chi connectivity index (χ1) is 13.7. The Bertz CT molecular complexity index is 766. The van der Waals surface area contributed by atoms with Crippen molar-refractivity contribution in [3.8, 4) is 0 Å². The highest BCUT2D eigenvalue weighted by Gasteiger charge is 2.24. The van der Waals surface area contributed by atoms with Crippen molar-refractivity contribution >= 4 is 29.9 Å². The van der Waals surface area contributed by atoms with E-state index in [1.54, 1.807) is 6.26 Å². The molecule has 1 aliphatic heterocycles. The Hall–Kier alpha value is -1.88. The number of aliphatic imine (C=N–C) groups is 1. The van der Waals surface area contributed by atoms with Crippen LogP contribution in [0.15, 0.2) is 40.5 Å². The zero-order valence-corrected chi connectivity index (χ0v) is 19.6. The highest BCUT2D eigenvalue weighted by molar-refractivity contribution is 14.0. The third-order valence-electron chi connectivity index (χ3n) is 5.14. The summed E-state index contributed by atoms with van der Waals surface area (Å²) in [5.74, 6) is 3.42. The lowest BCUT2D eigenvalue weighted by Gasteiger charge is -2.33. The second kappa shape index (κ2) is 12.0. The molecule has 1 atom stereocenters. The molecule has 2 aromatic heterocycles. The summed E-state index contributed by atoms with van der Waals surface area (Å²) in [6.45, 7) is 9.72. The summed E-state index contributed by atoms with van der Waals surface area (Å²) < 4.78 is 7.68. The summed E-state index contributed by atoms with van der Waals surface area (Å²) >= 11 is 0. The maximum absolute atomic E-state index is 5.73. The van der Waals surface area contributed by atoms with Gasteiger partial charge in [-0.15, -0.1) is 40.8 Å². The molecule has 160 valence electrons. The van der Waals surface area contributed by atoms with Gasteiger partial charge in [0.1, 0.15) is 18.1 Å². The topological polar surface area (TPSA) is 83.5 Å². The number of nitrogens with one attached hydrogen (secondary N) is 2. The molecule has 1 unspecified atom stereocenters. The molecule has 1 saturated heterocycles. The predicted molar refractivity (Wildman–Crippen MR) is 125 cm³/mol. The van der Waals surface area contributed by atoms with Crippen molar-refractivity contribution in [3.63, 3.8) is 0 Å². The van der Waals surface area contributed by atoms with Gasteiger partial charge in [0.2, 0.25) is 0 Å². The molecule has 0 amide bonds. The van der Waals surface area contributed by atoms with Crippen molar-refractivity contribution in [2.75, 3.05) is 26.2 Å². The van der Waals surface area contributed by atoms with E-state index < -0.39 is 0 Å². The standard InChI is InChI=1S/C20H31N7O.HI/c1-4-10-21-20(23-15-19-25-24-16(2)26(19)3)22-14-17(18-9-8-13-28-18)27-11-6-5-7-12-27;/h4,8-9,13,17H,1,5-7,10-12,14-15H2,2-3H3,(H2,21,22,23);1H. The second-order valence-electron chi connectivity index (χ2n) is 7.07. The van der Waals surface area contributed by atoms with Crippen molar-refractivity contribution in [1.29, 1.82) is 0 Å². The summed E-state index contributed by atoms with van der Waals surface area (Å²) in [6, 6.07) is 4.19. The van der Waals surface area contributed by atoms with Crippen molar-refractivity contribution in [2.24, 2.45) is 12.0 Å². The number of furan rings is 1. The van der Waals surface area contributed by atoms with Gasteiger partial charge in [-0.3, -0.25) is 4.90 Å². The van der Waals surface area contributed by atoms with E-state index in [-0.39, 0.29) is 30.0 Å². The van der Waals surface area contributed by atoms with E-state index in [9.17, 15) is 0 Å². The highest BCUT2D eigenvalue weighted by Crippen LogP contribution is 2.24. The van der Waals surface area contributed by atoms with E-state index in [0.29, 0.717) is 19.6 Å². The smallest absolute Gasteiger partial charge is 0.192 e. The molecule has 9 heteroatoms. The van der Waals surface area contributed by atoms with Gasteiger partial charge in [0, 0.05) is 20.1 Å². The molecule has 1 fully saturated rings. The van der Waals surface area contributed by atoms with Gasteiger partial charge in [-0.25, -0.2) is 4.99 Å². The molecule has 2 N–H and O–H groups in total. The number of aromatic nitrogens is 3. The number of piperidine rings is 1. The molecule has 29 heavy (non-hydrogen) atoms. The average Bonchev–Trinajstić information content (AvgIpc) is 3.36. The molecule has 0 aliphatic carbocycles. The molecule has 8 nitrogen and oxygen atoms in total. The lowest BCUT2D eigenvalue weighted by atomic mass is 10.1. The quantitative estimate of drug-likeness (QED) is 0.245. The van der Waals surface area contributed by atoms with Crippen LogP contribution in [0.5, 0.6) is 0 Å². The van der Waals surface area contributed by atoms with Crippen molar-refractivity contribution in [1.82, 2.24) is 30.3 Å². The second-order valence-corrected chi connectivity index (χ2v) is 7.07. The lowest BCUT2D eigenvalue weighted by Crippen LogP contribution is -2.44. The number of hydrogen-bond acceptors (Lipinski definition) is 5. The summed E-state index contributed by atoms with van der Waals surface area (Å²) in [5.41, 5.74) is 0. The van der Waals surface area contributed by atoms with E-state index in [1.165, 1.54) is 19.3 Å². The number of halogens is 1. The number of hydrogen-bond donors (Lipinski definition) is 2. The van der Waals surface area contributed by atoms with Crippen LogP contribution in [0.2, 0.25) is 0 Å². The molecule has 0 radical (unpaired) electrons. The molecule has 0 aromatic carbocycles. The Labute approximate surface area is 189 Å². The van der Waals surface area contributed by atoms with Gasteiger partial charge in [-0.05, 0) is 45.0 Å². The summed E-state index contributed by atoms with van der Waals surface area (Å²) in [4.78, 5) is 7.17. The zero-order valence-electron chi connectivity index (χ0n) is 17.3. The van der Waals surface area contributed by atoms with Gasteiger partial charge in [-0.2, -0.15) is 0 Å². The fourth-order valence-corrected chi connectivity index (χ4v) is 3.40. The third kappa shape index (κ3) is 6.56. The minimum Gasteiger partial charge on any atom is -0.468 e. The van der Waals surface area contributed by atoms with Gasteiger partial charge in [0.15, 0.2) is 11.8 Å². The lowest BCUT2D eigenvalue weighted by molar-refractivity contribution is 0.146. The monoisotopic (exact) mass is 513 g/mol. The Morgan fingerprint density at radius 2 is 2.10 bits per heavy atom. The first-order valence-electron chi connectivity index (χ1n) is 9.94. The van der Waals surface area contributed by atoms with E-state index >= 15 is 0 Å². The van der Waals surface area contributed by atoms with Crippen LogP contribution in [0, 0.1) is 6.92 Å². The minimum atomic E-state index is 0. The number of aryl methyl sites for hydroxylation is 1. The number of rotatable bonds is 8. The molecule has 0 bridgehead atoms. The molecule has 0 spiro atoms. The maximum atomic E-state index is 5.73. The summed E-state index contributed by atoms with van der Waals surface area (Å²) in [5, 5.41) is 15.0. The first-order valence-corrected chi connectivity index (χ1v) is 9.94. The first kappa shape index (κ1) is 23.4. The van der Waals surface area contributed by atoms with E-state index in [0.717, 1.165) is 36.5 Å². The third-order valence-corrected chi connectivity index (χ3v) is 5.14. The van der Waals surface area contributed by atoms with Crippen LogP contribution in [0.4, 0.5) is 0 Å². The normalized spacial score (nSPS) is 16.1. The van der Waals surface area contributed by atoms with Crippen LogP contribution in [0.3, 0.4) is 0 Å². The average molecular weight is 513 g/mol. The minimum absolute atomic E-state index is 0. The Morgan fingerprint density at radius 1 is 1.31 bits per heavy atom. The zero-order chi connectivity index (χ0) is 19.8. The molecule has 3 rings (SSSR count). The van der Waals surface area contributed by atoms with Crippen molar-refractivity contribution in [3.05, 3.63) is 48.5 Å². The van der Waals surface area contributed by atoms with Crippen LogP contribution in [0.25, 0.3) is 0 Å². The van der Waals surface area contributed by atoms with Gasteiger partial charge >= 0.3 is 0 Å². The summed E-state index contributed by atoms with van der Waals surface area (Å²) in [6.07, 6.45) is 7.34. The Morgan fingerprint density at radius 3 is 2.72 bits per heavy atom. The van der Waals surface area contributed by atoms with E-state index in [1.807, 2.05) is 30.7 Å². The van der Waals surface area contributed by atoms with E-state index in [4.69, 9.17) is 4.42 Å². The van der Waals surface area contributed by atoms with Gasteiger partial charge < -0.3 is 19.6 Å². The molecular formula is C20H32IN7O. The van der Waals surface area contributed by atoms with Crippen molar-refractivity contribution in [2.45, 2.75) is 38.8 Å².